The number of halogens is 1. The number of para-hydroxylation sites is 1. The van der Waals surface area contributed by atoms with E-state index in [9.17, 15) is 14.0 Å². The fourth-order valence-electron chi connectivity index (χ4n) is 4.34. The molecule has 6 nitrogen and oxygen atoms in total. The number of hydrogen-bond acceptors (Lipinski definition) is 4. The van der Waals surface area contributed by atoms with Gasteiger partial charge in [-0.1, -0.05) is 42.0 Å². The van der Waals surface area contributed by atoms with Gasteiger partial charge in [0, 0.05) is 37.4 Å². The summed E-state index contributed by atoms with van der Waals surface area (Å²) in [6.07, 6.45) is 0. The number of aromatic nitrogens is 2. The van der Waals surface area contributed by atoms with Crippen LogP contribution in [0.1, 0.15) is 5.56 Å². The van der Waals surface area contributed by atoms with Gasteiger partial charge in [0.1, 0.15) is 18.2 Å². The minimum Gasteiger partial charge on any atom is -0.368 e. The summed E-state index contributed by atoms with van der Waals surface area (Å²) in [5.41, 5.74) is 3.22. The zero-order valence-electron chi connectivity index (χ0n) is 18.9. The van der Waals surface area contributed by atoms with E-state index in [1.165, 1.54) is 16.7 Å². The zero-order valence-corrected chi connectivity index (χ0v) is 18.9. The second-order valence-corrected chi connectivity index (χ2v) is 8.55. The van der Waals surface area contributed by atoms with E-state index in [-0.39, 0.29) is 23.8 Å². The van der Waals surface area contributed by atoms with Gasteiger partial charge in [0.15, 0.2) is 0 Å². The molecule has 1 aromatic heterocycles. The average Bonchev–Trinajstić information content (AvgIpc) is 2.87. The van der Waals surface area contributed by atoms with Crippen molar-refractivity contribution in [3.8, 4) is 11.4 Å². The van der Waals surface area contributed by atoms with Crippen molar-refractivity contribution in [3.05, 3.63) is 94.5 Å². The summed E-state index contributed by atoms with van der Waals surface area (Å²) in [6.45, 7) is 4.29. The highest BCUT2D eigenvalue weighted by Gasteiger charge is 2.23. The predicted octanol–water partition coefficient (Wildman–Crippen LogP) is 3.86. The number of fused-ring (bicyclic) bond motifs is 1. The van der Waals surface area contributed by atoms with Gasteiger partial charge in [-0.05, 0) is 43.3 Å². The molecule has 0 N–H and O–H groups in total. The Morgan fingerprint density at radius 2 is 1.59 bits per heavy atom. The van der Waals surface area contributed by atoms with Crippen LogP contribution >= 0.6 is 0 Å². The van der Waals surface area contributed by atoms with E-state index in [0.717, 1.165) is 16.8 Å². The van der Waals surface area contributed by atoms with Crippen LogP contribution in [0.2, 0.25) is 0 Å². The molecule has 34 heavy (non-hydrogen) atoms. The number of rotatable bonds is 4. The van der Waals surface area contributed by atoms with E-state index >= 15 is 0 Å². The van der Waals surface area contributed by atoms with Crippen molar-refractivity contribution in [3.63, 3.8) is 0 Å². The number of anilines is 1. The molecule has 3 aromatic carbocycles. The largest absolute Gasteiger partial charge is 0.368 e. The maximum atomic E-state index is 13.4. The molecule has 0 spiro atoms. The lowest BCUT2D eigenvalue weighted by molar-refractivity contribution is -0.132. The first-order valence-electron chi connectivity index (χ1n) is 11.3. The van der Waals surface area contributed by atoms with Crippen molar-refractivity contribution in [1.29, 1.82) is 0 Å². The van der Waals surface area contributed by atoms with Crippen molar-refractivity contribution in [1.82, 2.24) is 14.5 Å². The summed E-state index contributed by atoms with van der Waals surface area (Å²) in [4.78, 5) is 35.3. The molecule has 2 heterocycles. The highest BCUT2D eigenvalue weighted by atomic mass is 19.1. The maximum Gasteiger partial charge on any atom is 0.262 e. The molecule has 0 radical (unpaired) electrons. The first kappa shape index (κ1) is 21.8. The summed E-state index contributed by atoms with van der Waals surface area (Å²) in [7, 11) is 0. The van der Waals surface area contributed by atoms with Crippen LogP contribution < -0.4 is 10.5 Å². The SMILES string of the molecule is Cc1ccc(-c2nc3ccccc3c(=O)n2CC(=O)N2CCN(c3ccc(F)cc3)CC2)cc1. The summed E-state index contributed by atoms with van der Waals surface area (Å²) in [5, 5.41) is 0.493. The van der Waals surface area contributed by atoms with E-state index < -0.39 is 0 Å². The lowest BCUT2D eigenvalue weighted by atomic mass is 10.1. The molecule has 1 aliphatic rings. The van der Waals surface area contributed by atoms with Crippen molar-refractivity contribution < 1.29 is 9.18 Å². The van der Waals surface area contributed by atoms with Crippen molar-refractivity contribution in [2.75, 3.05) is 31.1 Å². The normalized spacial score (nSPS) is 13.9. The monoisotopic (exact) mass is 456 g/mol. The molecule has 1 amide bonds. The van der Waals surface area contributed by atoms with E-state index in [1.54, 1.807) is 29.2 Å². The second kappa shape index (κ2) is 9.09. The van der Waals surface area contributed by atoms with E-state index in [4.69, 9.17) is 4.98 Å². The summed E-state index contributed by atoms with van der Waals surface area (Å²) < 4.78 is 14.7. The Balaban J connectivity index is 1.41. The quantitative estimate of drug-likeness (QED) is 0.468. The highest BCUT2D eigenvalue weighted by Crippen LogP contribution is 2.21. The third kappa shape index (κ3) is 4.29. The number of benzene rings is 3. The van der Waals surface area contributed by atoms with Crippen molar-refractivity contribution in [2.24, 2.45) is 0 Å². The van der Waals surface area contributed by atoms with Crippen LogP contribution in [0.5, 0.6) is 0 Å². The molecule has 172 valence electrons. The summed E-state index contributed by atoms with van der Waals surface area (Å²) in [6, 6.07) is 21.4. The number of hydrogen-bond donors (Lipinski definition) is 0. The van der Waals surface area contributed by atoms with Crippen LogP contribution in [0.15, 0.2) is 77.6 Å². The first-order valence-corrected chi connectivity index (χ1v) is 11.3. The lowest BCUT2D eigenvalue weighted by Crippen LogP contribution is -2.50. The number of carbonyl (C=O) groups is 1. The lowest BCUT2D eigenvalue weighted by Gasteiger charge is -2.36. The molecular weight excluding hydrogens is 431 g/mol. The third-order valence-corrected chi connectivity index (χ3v) is 6.29. The Labute approximate surface area is 196 Å². The maximum absolute atomic E-state index is 13.4. The van der Waals surface area contributed by atoms with Gasteiger partial charge in [0.05, 0.1) is 10.9 Å². The Bertz CT molecular complexity index is 1390. The van der Waals surface area contributed by atoms with E-state index in [2.05, 4.69) is 4.90 Å². The van der Waals surface area contributed by atoms with Gasteiger partial charge < -0.3 is 9.80 Å². The minimum absolute atomic E-state index is 0.0730. The Hall–Kier alpha value is -4.00. The van der Waals surface area contributed by atoms with Crippen LogP contribution in [-0.4, -0.2) is 46.5 Å². The van der Waals surface area contributed by atoms with Crippen molar-refractivity contribution >= 4 is 22.5 Å². The molecule has 0 saturated carbocycles. The fourth-order valence-corrected chi connectivity index (χ4v) is 4.34. The highest BCUT2D eigenvalue weighted by molar-refractivity contribution is 5.82. The molecular formula is C27H25FN4O2. The van der Waals surface area contributed by atoms with Gasteiger partial charge in [0.2, 0.25) is 5.91 Å². The van der Waals surface area contributed by atoms with E-state index in [0.29, 0.717) is 42.9 Å². The third-order valence-electron chi connectivity index (χ3n) is 6.29. The van der Waals surface area contributed by atoms with Crippen LogP contribution in [0.4, 0.5) is 10.1 Å². The zero-order chi connectivity index (χ0) is 23.7. The van der Waals surface area contributed by atoms with Gasteiger partial charge in [-0.3, -0.25) is 14.2 Å². The molecule has 1 aliphatic heterocycles. The molecule has 1 saturated heterocycles. The predicted molar refractivity (Wildman–Crippen MR) is 131 cm³/mol. The number of aryl methyl sites for hydroxylation is 1. The number of nitrogens with zero attached hydrogens (tertiary/aromatic N) is 4. The van der Waals surface area contributed by atoms with Gasteiger partial charge in [0.25, 0.3) is 5.56 Å². The average molecular weight is 457 g/mol. The van der Waals surface area contributed by atoms with Crippen LogP contribution in [0.3, 0.4) is 0 Å². The summed E-state index contributed by atoms with van der Waals surface area (Å²) >= 11 is 0. The Morgan fingerprint density at radius 1 is 0.912 bits per heavy atom. The number of carbonyl (C=O) groups excluding carboxylic acids is 1. The molecule has 0 atom stereocenters. The molecule has 0 aliphatic carbocycles. The summed E-state index contributed by atoms with van der Waals surface area (Å²) in [5.74, 6) is 0.102. The Morgan fingerprint density at radius 3 is 2.29 bits per heavy atom. The van der Waals surface area contributed by atoms with Crippen LogP contribution in [0.25, 0.3) is 22.3 Å². The van der Waals surface area contributed by atoms with Crippen LogP contribution in [-0.2, 0) is 11.3 Å². The van der Waals surface area contributed by atoms with Gasteiger partial charge >= 0.3 is 0 Å². The second-order valence-electron chi connectivity index (χ2n) is 8.55. The molecule has 7 heteroatoms. The number of amides is 1. The first-order chi connectivity index (χ1) is 16.5. The van der Waals surface area contributed by atoms with E-state index in [1.807, 2.05) is 43.3 Å². The standard InChI is InChI=1S/C27H25FN4O2/c1-19-6-8-20(9-7-19)26-29-24-5-3-2-4-23(24)27(34)32(26)18-25(33)31-16-14-30(15-17-31)22-12-10-21(28)11-13-22/h2-13H,14-18H2,1H3. The minimum atomic E-state index is -0.267. The number of piperazine rings is 1. The molecule has 0 bridgehead atoms. The molecule has 4 aromatic rings. The van der Waals surface area contributed by atoms with Crippen molar-refractivity contribution in [2.45, 2.75) is 13.5 Å². The van der Waals surface area contributed by atoms with Gasteiger partial charge in [-0.15, -0.1) is 0 Å². The fraction of sp³-hybridized carbons (Fsp3) is 0.222. The van der Waals surface area contributed by atoms with Gasteiger partial charge in [-0.25, -0.2) is 9.37 Å². The van der Waals surface area contributed by atoms with Crippen LogP contribution in [0, 0.1) is 12.7 Å². The smallest absolute Gasteiger partial charge is 0.262 e. The molecule has 1 fully saturated rings. The van der Waals surface area contributed by atoms with Gasteiger partial charge in [-0.2, -0.15) is 0 Å². The molecule has 0 unspecified atom stereocenters. The topological polar surface area (TPSA) is 58.4 Å². The molecule has 5 rings (SSSR count). The Kier molecular flexibility index (Phi) is 5.84.